The third-order valence-electron chi connectivity index (χ3n) is 6.46. The molecule has 2 aliphatic carbocycles. The number of rotatable bonds is 0. The Morgan fingerprint density at radius 3 is 1.38 bits per heavy atom. The van der Waals surface area contributed by atoms with Crippen LogP contribution in [0.15, 0.2) is 0 Å². The molecule has 2 fully saturated rings. The van der Waals surface area contributed by atoms with Gasteiger partial charge in [0.25, 0.3) is 0 Å². The summed E-state index contributed by atoms with van der Waals surface area (Å²) in [5.74, 6) is 3.91. The minimum atomic E-state index is -0.523. The third kappa shape index (κ3) is 2.31. The normalized spacial score (nSPS) is 31.4. The maximum atomic E-state index is 15.6. The van der Waals surface area contributed by atoms with Crippen molar-refractivity contribution in [3.8, 4) is 0 Å². The summed E-state index contributed by atoms with van der Waals surface area (Å²) in [6, 6.07) is 0. The molecule has 4 aliphatic rings. The molecule has 0 nitrogen and oxygen atoms in total. The van der Waals surface area contributed by atoms with Gasteiger partial charge in [0, 0.05) is 11.1 Å². The lowest BCUT2D eigenvalue weighted by Crippen LogP contribution is -2.29. The Morgan fingerprint density at radius 1 is 0.692 bits per heavy atom. The van der Waals surface area contributed by atoms with Crippen molar-refractivity contribution in [2.45, 2.75) is 47.7 Å². The van der Waals surface area contributed by atoms with Crippen LogP contribution in [0.5, 0.6) is 0 Å². The van der Waals surface area contributed by atoms with Crippen LogP contribution in [0.25, 0.3) is 0 Å². The maximum absolute atomic E-state index is 15.6. The minimum Gasteiger partial charge on any atom is -0.203 e. The Labute approximate surface area is 171 Å². The van der Waals surface area contributed by atoms with Crippen LogP contribution >= 0.6 is 47.0 Å². The average molecular weight is 431 g/mol. The Balaban J connectivity index is 1.74. The lowest BCUT2D eigenvalue weighted by atomic mass is 9.98. The molecule has 0 N–H and O–H groups in total. The summed E-state index contributed by atoms with van der Waals surface area (Å²) in [4.78, 5) is 0. The van der Waals surface area contributed by atoms with Gasteiger partial charge in [0.2, 0.25) is 0 Å². The molecule has 2 atom stereocenters. The molecule has 0 saturated carbocycles. The van der Waals surface area contributed by atoms with Gasteiger partial charge < -0.3 is 0 Å². The second-order valence-corrected chi connectivity index (χ2v) is 13.9. The van der Waals surface area contributed by atoms with Crippen LogP contribution < -0.4 is 0 Å². The first kappa shape index (κ1) is 18.5. The van der Waals surface area contributed by atoms with Gasteiger partial charge >= 0.3 is 0 Å². The van der Waals surface area contributed by atoms with E-state index in [0.29, 0.717) is 11.8 Å². The van der Waals surface area contributed by atoms with Crippen LogP contribution in [0.3, 0.4) is 0 Å². The zero-order valence-corrected chi connectivity index (χ0v) is 18.5. The highest BCUT2D eigenvalue weighted by molar-refractivity contribution is 8.18. The maximum Gasteiger partial charge on any atom is 0.164 e. The Bertz CT molecular complexity index is 688. The van der Waals surface area contributed by atoms with Gasteiger partial charge in [-0.15, -0.1) is 47.0 Å². The van der Waals surface area contributed by atoms with Crippen LogP contribution in [0.1, 0.15) is 48.9 Å². The lowest BCUT2D eigenvalue weighted by molar-refractivity contribution is 0.474. The average Bonchev–Trinajstić information content (AvgIpc) is 3.08. The number of fused-ring (bicyclic) bond motifs is 5. The highest BCUT2D eigenvalue weighted by Gasteiger charge is 2.56. The molecular weight excluding hydrogens is 406 g/mol. The summed E-state index contributed by atoms with van der Waals surface area (Å²) in [7, 11) is 0. The number of benzene rings is 1. The first-order chi connectivity index (χ1) is 12.5. The summed E-state index contributed by atoms with van der Waals surface area (Å²) in [6.07, 6.45) is 4.16. The van der Waals surface area contributed by atoms with Gasteiger partial charge in [0.15, 0.2) is 11.6 Å². The first-order valence-electron chi connectivity index (χ1n) is 9.60. The Kier molecular flexibility index (Phi) is 4.62. The zero-order valence-electron chi connectivity index (χ0n) is 15.2. The molecular formula is C20H24F2S4. The quantitative estimate of drug-likeness (QED) is 0.467. The predicted octanol–water partition coefficient (Wildman–Crippen LogP) is 6.40. The summed E-state index contributed by atoms with van der Waals surface area (Å²) in [6.45, 7) is 4.49. The van der Waals surface area contributed by atoms with E-state index >= 15 is 8.78 Å². The van der Waals surface area contributed by atoms with E-state index in [9.17, 15) is 0 Å². The van der Waals surface area contributed by atoms with Crippen molar-refractivity contribution in [1.82, 2.24) is 0 Å². The molecule has 6 heteroatoms. The van der Waals surface area contributed by atoms with Gasteiger partial charge in [-0.2, -0.15) is 0 Å². The van der Waals surface area contributed by atoms with E-state index in [1.165, 1.54) is 24.0 Å². The Morgan fingerprint density at radius 2 is 1.04 bits per heavy atom. The van der Waals surface area contributed by atoms with Crippen molar-refractivity contribution in [2.24, 2.45) is 11.8 Å². The smallest absolute Gasteiger partial charge is 0.164 e. The van der Waals surface area contributed by atoms with E-state index < -0.39 is 11.6 Å². The van der Waals surface area contributed by atoms with Gasteiger partial charge in [-0.25, -0.2) is 8.78 Å². The van der Waals surface area contributed by atoms with Crippen LogP contribution in [-0.4, -0.2) is 23.0 Å². The molecule has 142 valence electrons. The van der Waals surface area contributed by atoms with Crippen molar-refractivity contribution < 1.29 is 8.78 Å². The monoisotopic (exact) mass is 430 g/mol. The van der Waals surface area contributed by atoms with Crippen LogP contribution in [0.2, 0.25) is 0 Å². The molecule has 2 aliphatic heterocycles. The van der Waals surface area contributed by atoms with Gasteiger partial charge in [0.05, 0.1) is 8.16 Å². The zero-order chi connectivity index (χ0) is 18.1. The van der Waals surface area contributed by atoms with E-state index in [-0.39, 0.29) is 8.16 Å². The molecule has 1 aromatic carbocycles. The van der Waals surface area contributed by atoms with Crippen LogP contribution in [0.4, 0.5) is 8.78 Å². The highest BCUT2D eigenvalue weighted by Crippen LogP contribution is 2.66. The molecule has 2 heterocycles. The highest BCUT2D eigenvalue weighted by atomic mass is 32.2. The molecule has 0 bridgehead atoms. The number of hydrogen-bond acceptors (Lipinski definition) is 4. The van der Waals surface area contributed by atoms with Crippen molar-refractivity contribution in [1.29, 1.82) is 0 Å². The summed E-state index contributed by atoms with van der Waals surface area (Å²) < 4.78 is 30.7. The molecule has 0 radical (unpaired) electrons. The largest absolute Gasteiger partial charge is 0.203 e. The minimum absolute atomic E-state index is 0.265. The molecule has 0 aromatic heterocycles. The van der Waals surface area contributed by atoms with E-state index in [2.05, 4.69) is 13.8 Å². The van der Waals surface area contributed by atoms with Crippen molar-refractivity contribution in [3.05, 3.63) is 33.9 Å². The standard InChI is InChI=1S/C20H24F2S4/c1-11-9-13-14-10-12(2)20(25-7-4-8-26-20)16(14)18(22)17(21)15(13)19(11)23-5-3-6-24-19/h11-12H,3-10H2,1-2H3. The van der Waals surface area contributed by atoms with Gasteiger partial charge in [0.1, 0.15) is 0 Å². The molecule has 2 saturated heterocycles. The topological polar surface area (TPSA) is 0 Å². The fourth-order valence-corrected chi connectivity index (χ4v) is 12.6. The molecule has 2 unspecified atom stereocenters. The summed E-state index contributed by atoms with van der Waals surface area (Å²) in [5.41, 5.74) is 3.80. The van der Waals surface area contributed by atoms with Gasteiger partial charge in [-0.05, 0) is 71.7 Å². The second-order valence-electron chi connectivity index (χ2n) is 7.98. The molecule has 5 rings (SSSR count). The summed E-state index contributed by atoms with van der Waals surface area (Å²) in [5, 5.41) is 0. The number of hydrogen-bond donors (Lipinski definition) is 0. The molecule has 1 aromatic rings. The Hall–Kier alpha value is 0.480. The van der Waals surface area contributed by atoms with Gasteiger partial charge in [-0.3, -0.25) is 0 Å². The fourth-order valence-electron chi connectivity index (χ4n) is 5.29. The second kappa shape index (κ2) is 6.50. The molecule has 26 heavy (non-hydrogen) atoms. The summed E-state index contributed by atoms with van der Waals surface area (Å²) >= 11 is 7.46. The van der Waals surface area contributed by atoms with Crippen molar-refractivity contribution in [3.63, 3.8) is 0 Å². The van der Waals surface area contributed by atoms with Crippen LogP contribution in [-0.2, 0) is 21.0 Å². The third-order valence-corrected chi connectivity index (χ3v) is 14.0. The SMILES string of the molecule is CC1Cc2c3c(c(F)c(F)c2C12SCCCS2)C1(SCCCS1)C(C)C3. The van der Waals surface area contributed by atoms with Crippen LogP contribution in [0, 0.1) is 23.5 Å². The van der Waals surface area contributed by atoms with Crippen molar-refractivity contribution >= 4 is 47.0 Å². The van der Waals surface area contributed by atoms with E-state index in [1.807, 2.05) is 47.0 Å². The van der Waals surface area contributed by atoms with E-state index in [4.69, 9.17) is 0 Å². The first-order valence-corrected chi connectivity index (χ1v) is 13.5. The molecule has 2 spiro atoms. The van der Waals surface area contributed by atoms with Crippen molar-refractivity contribution in [2.75, 3.05) is 23.0 Å². The number of halogens is 2. The number of thioether (sulfide) groups is 4. The van der Waals surface area contributed by atoms with Gasteiger partial charge in [-0.1, -0.05) is 13.8 Å². The molecule has 0 amide bonds. The van der Waals surface area contributed by atoms with E-state index in [1.54, 1.807) is 0 Å². The lowest BCUT2D eigenvalue weighted by Gasteiger charge is -2.39. The van der Waals surface area contributed by atoms with E-state index in [0.717, 1.165) is 47.0 Å². The fraction of sp³-hybridized carbons (Fsp3) is 0.700. The predicted molar refractivity (Wildman–Crippen MR) is 115 cm³/mol.